The normalized spacial score (nSPS) is 11.3. The zero-order valence-corrected chi connectivity index (χ0v) is 34.5. The second kappa shape index (κ2) is 46.9. The second-order valence-corrected chi connectivity index (χ2v) is 14.4. The molecule has 0 amide bonds. The number of aliphatic carboxylic acids is 2. The molecule has 0 aromatic rings. The van der Waals surface area contributed by atoms with E-state index in [1.54, 1.807) is 0 Å². The standard InChI is InChI=1S/C38H72O2.C3H7O.C2H4O2.Al/c1-3-5-7-9-11-13-15-17-19-21-23-25-27-29-31-33-35-37(38(39)40)36-34-32-30-28-26-24-22-20-18-16-14-12-10-8-6-4-2;1-3(2)4;1-2(3)4;/h17-20,37H,3-16,21-36H2,1-2H3,(H,39,40);3H,1-2H3;1H3,(H,3,4);/q;-1;;+3/p-2/b19-17-,20-18-;;;. The van der Waals surface area contributed by atoms with Crippen molar-refractivity contribution in [2.24, 2.45) is 5.92 Å². The molecule has 0 aromatic carbocycles. The molecular formula is C43H81AlO5. The quantitative estimate of drug-likeness (QED) is 0.0378. The number of allylic oxidation sites excluding steroid dienone is 4. The first-order valence-corrected chi connectivity index (χ1v) is 21.2. The Morgan fingerprint density at radius 2 is 0.735 bits per heavy atom. The summed E-state index contributed by atoms with van der Waals surface area (Å²) in [5.41, 5.74) is 0. The molecule has 0 aromatic heterocycles. The summed E-state index contributed by atoms with van der Waals surface area (Å²) in [4.78, 5) is 20.4. The molecule has 0 rings (SSSR count). The molecule has 0 atom stereocenters. The van der Waals surface area contributed by atoms with Crippen LogP contribution in [0.25, 0.3) is 0 Å². The van der Waals surface area contributed by atoms with Crippen molar-refractivity contribution in [2.45, 2.75) is 233 Å². The zero-order valence-electron chi connectivity index (χ0n) is 33.3. The maximum atomic E-state index is 11.6. The van der Waals surface area contributed by atoms with Crippen molar-refractivity contribution < 1.29 is 23.6 Å². The predicted molar refractivity (Wildman–Crippen MR) is 209 cm³/mol. The van der Waals surface area contributed by atoms with Gasteiger partial charge in [-0.3, -0.25) is 0 Å². The number of carbonyl (C=O) groups excluding carboxylic acids is 2. The van der Waals surface area contributed by atoms with Crippen molar-refractivity contribution in [3.63, 3.8) is 0 Å². The fourth-order valence-electron chi connectivity index (χ4n) is 5.66. The van der Waals surface area contributed by atoms with Crippen molar-refractivity contribution in [2.75, 3.05) is 0 Å². The van der Waals surface area contributed by atoms with E-state index in [0.29, 0.717) is 6.10 Å². The number of carboxylic acid groups (broad SMARTS) is 2. The summed E-state index contributed by atoms with van der Waals surface area (Å²) in [6, 6.07) is 0. The summed E-state index contributed by atoms with van der Waals surface area (Å²) in [6.07, 6.45) is 47.7. The summed E-state index contributed by atoms with van der Waals surface area (Å²) in [7, 11) is 0. The van der Waals surface area contributed by atoms with Gasteiger partial charge in [-0.2, -0.15) is 0 Å². The molecule has 0 aliphatic heterocycles. The smallest absolute Gasteiger partial charge is 0.0445 e. The van der Waals surface area contributed by atoms with Crippen LogP contribution in [0.2, 0.25) is 0 Å². The maximum absolute atomic E-state index is 11.6. The van der Waals surface area contributed by atoms with E-state index in [-0.39, 0.29) is 5.92 Å². The summed E-state index contributed by atoms with van der Waals surface area (Å²) in [6.45, 7) is 9.48. The Labute approximate surface area is 314 Å². The molecule has 0 aliphatic rings. The van der Waals surface area contributed by atoms with Gasteiger partial charge < -0.3 is 19.8 Å². The van der Waals surface area contributed by atoms with Gasteiger partial charge in [-0.15, -0.1) is 0 Å². The van der Waals surface area contributed by atoms with Gasteiger partial charge in [0.2, 0.25) is 0 Å². The van der Waals surface area contributed by atoms with E-state index < -0.39 is 11.9 Å². The SMILES string of the molecule is CC(=O)[O-].CC(C)[O][Al+2].CCCCCCCC/C=C\CCCCCCCCC(CCCCCCCC/C=C\CCCCCCCC)C(=O)[O-]. The molecule has 0 radical (unpaired) electrons. The largest absolute Gasteiger partial charge is 0.550 e. The van der Waals surface area contributed by atoms with Crippen LogP contribution in [-0.4, -0.2) is 34.7 Å². The molecule has 0 spiro atoms. The van der Waals surface area contributed by atoms with Crippen LogP contribution in [0, 0.1) is 5.92 Å². The Kier molecular flexibility index (Phi) is 50.0. The van der Waals surface area contributed by atoms with Gasteiger partial charge in [-0.1, -0.05) is 167 Å². The molecule has 0 unspecified atom stereocenters. The van der Waals surface area contributed by atoms with Crippen molar-refractivity contribution in [3.8, 4) is 0 Å². The van der Waals surface area contributed by atoms with Gasteiger partial charge in [0.25, 0.3) is 0 Å². The average Bonchev–Trinajstić information content (AvgIpc) is 3.06. The predicted octanol–water partition coefficient (Wildman–Crippen LogP) is 11.5. The van der Waals surface area contributed by atoms with Crippen LogP contribution in [0.5, 0.6) is 0 Å². The molecule has 6 heteroatoms. The molecule has 49 heavy (non-hydrogen) atoms. The van der Waals surface area contributed by atoms with Gasteiger partial charge in [-0.05, 0) is 77.0 Å². The average molecular weight is 705 g/mol. The van der Waals surface area contributed by atoms with Crippen LogP contribution in [0.15, 0.2) is 24.3 Å². The van der Waals surface area contributed by atoms with Gasteiger partial charge in [-0.25, -0.2) is 0 Å². The van der Waals surface area contributed by atoms with Crippen molar-refractivity contribution in [1.29, 1.82) is 0 Å². The Morgan fingerprint density at radius 3 is 0.959 bits per heavy atom. The van der Waals surface area contributed by atoms with Gasteiger partial charge >= 0.3 is 40.4 Å². The Hall–Kier alpha value is -1.09. The van der Waals surface area contributed by atoms with E-state index in [1.807, 2.05) is 13.8 Å². The van der Waals surface area contributed by atoms with Crippen LogP contribution in [-0.2, 0) is 13.4 Å². The van der Waals surface area contributed by atoms with Gasteiger partial charge in [0, 0.05) is 11.9 Å². The minimum Gasteiger partial charge on any atom is -0.550 e. The molecule has 0 heterocycles. The monoisotopic (exact) mass is 705 g/mol. The summed E-state index contributed by atoms with van der Waals surface area (Å²) < 4.78 is 4.67. The van der Waals surface area contributed by atoms with Crippen LogP contribution in [0.4, 0.5) is 0 Å². The van der Waals surface area contributed by atoms with Crippen LogP contribution in [0.1, 0.15) is 227 Å². The van der Waals surface area contributed by atoms with E-state index in [9.17, 15) is 9.90 Å². The van der Waals surface area contributed by atoms with Gasteiger partial charge in [0.1, 0.15) is 0 Å². The summed E-state index contributed by atoms with van der Waals surface area (Å²) >= 11 is 2.19. The molecule has 0 saturated carbocycles. The Morgan fingerprint density at radius 1 is 0.510 bits per heavy atom. The zero-order chi connectivity index (χ0) is 37.1. The third kappa shape index (κ3) is 56.5. The van der Waals surface area contributed by atoms with Crippen molar-refractivity contribution in [3.05, 3.63) is 24.3 Å². The molecule has 286 valence electrons. The van der Waals surface area contributed by atoms with E-state index in [4.69, 9.17) is 9.90 Å². The number of carboxylic acids is 2. The Balaban J connectivity index is -0.00000207. The third-order valence-corrected chi connectivity index (χ3v) is 9.28. The number of carbonyl (C=O) groups is 2. The Bertz CT molecular complexity index is 660. The third-order valence-electron chi connectivity index (χ3n) is 8.73. The first-order chi connectivity index (χ1) is 23.7. The molecule has 0 aliphatic carbocycles. The molecule has 5 nitrogen and oxygen atoms in total. The van der Waals surface area contributed by atoms with E-state index >= 15 is 0 Å². The van der Waals surface area contributed by atoms with E-state index in [0.717, 1.165) is 32.6 Å². The topological polar surface area (TPSA) is 89.5 Å². The fraction of sp³-hybridized carbons (Fsp3) is 0.860. The maximum Gasteiger partial charge on any atom is 0.0445 e. The molecular weight excluding hydrogens is 623 g/mol. The van der Waals surface area contributed by atoms with Crippen LogP contribution >= 0.6 is 0 Å². The molecule has 0 N–H and O–H groups in total. The number of rotatable bonds is 34. The van der Waals surface area contributed by atoms with Crippen LogP contribution < -0.4 is 10.2 Å². The first kappa shape index (κ1) is 52.3. The minimum atomic E-state index is -1.08. The van der Waals surface area contributed by atoms with Gasteiger partial charge in [0.05, 0.1) is 0 Å². The molecule has 0 fully saturated rings. The minimum absolute atomic E-state index is 0.228. The number of hydrogen-bond donors (Lipinski definition) is 0. The fourth-order valence-corrected chi connectivity index (χ4v) is 5.66. The molecule has 0 bridgehead atoms. The summed E-state index contributed by atoms with van der Waals surface area (Å²) in [5.74, 6) is -2.13. The summed E-state index contributed by atoms with van der Waals surface area (Å²) in [5, 5.41) is 20.4. The van der Waals surface area contributed by atoms with E-state index in [2.05, 4.69) is 58.6 Å². The number of unbranched alkanes of at least 4 members (excludes halogenated alkanes) is 24. The first-order valence-electron chi connectivity index (χ1n) is 20.8. The van der Waals surface area contributed by atoms with Gasteiger partial charge in [0.15, 0.2) is 0 Å². The van der Waals surface area contributed by atoms with Crippen molar-refractivity contribution in [1.82, 2.24) is 0 Å². The number of hydrogen-bond acceptors (Lipinski definition) is 5. The molecule has 0 saturated heterocycles. The van der Waals surface area contributed by atoms with Crippen LogP contribution in [0.3, 0.4) is 0 Å². The second-order valence-electron chi connectivity index (χ2n) is 14.1. The van der Waals surface area contributed by atoms with E-state index in [1.165, 1.54) is 167 Å². The van der Waals surface area contributed by atoms with Crippen molar-refractivity contribution >= 4 is 28.6 Å².